The molecule has 0 aliphatic carbocycles. The molecule has 0 aromatic heterocycles. The van der Waals surface area contributed by atoms with Gasteiger partial charge in [-0.05, 0) is 31.9 Å². The lowest BCUT2D eigenvalue weighted by atomic mass is 10.1. The SMILES string of the molecule is Cc1ccc(S(=O)(=O)N2CCC(N3CC(C(=O)O)CC3=O)C2)c(C)c1. The molecule has 0 saturated carbocycles. The van der Waals surface area contributed by atoms with Crippen molar-refractivity contribution in [3.8, 4) is 0 Å². The zero-order valence-corrected chi connectivity index (χ0v) is 15.1. The fourth-order valence-electron chi connectivity index (χ4n) is 3.66. The minimum absolute atomic E-state index is 0.00431. The zero-order chi connectivity index (χ0) is 18.4. The van der Waals surface area contributed by atoms with Crippen molar-refractivity contribution in [3.63, 3.8) is 0 Å². The van der Waals surface area contributed by atoms with E-state index in [1.165, 1.54) is 9.21 Å². The number of likely N-dealkylation sites (tertiary alicyclic amines) is 1. The quantitative estimate of drug-likeness (QED) is 0.858. The van der Waals surface area contributed by atoms with Crippen LogP contribution in [-0.2, 0) is 19.6 Å². The fraction of sp³-hybridized carbons (Fsp3) is 0.529. The Hall–Kier alpha value is -1.93. The monoisotopic (exact) mass is 366 g/mol. The van der Waals surface area contributed by atoms with Crippen LogP contribution in [0, 0.1) is 19.8 Å². The Bertz CT molecular complexity index is 820. The summed E-state index contributed by atoms with van der Waals surface area (Å²) in [5.41, 5.74) is 1.70. The summed E-state index contributed by atoms with van der Waals surface area (Å²) >= 11 is 0. The molecule has 1 N–H and O–H groups in total. The standard InChI is InChI=1S/C17H22N2O5S/c1-11-3-4-15(12(2)7-11)25(23,24)18-6-5-14(10-18)19-9-13(17(21)22)8-16(19)20/h3-4,7,13-14H,5-6,8-10H2,1-2H3,(H,21,22). The van der Waals surface area contributed by atoms with Crippen molar-refractivity contribution < 1.29 is 23.1 Å². The molecule has 0 radical (unpaired) electrons. The Morgan fingerprint density at radius 2 is 1.96 bits per heavy atom. The van der Waals surface area contributed by atoms with Crippen LogP contribution >= 0.6 is 0 Å². The second-order valence-electron chi connectivity index (χ2n) is 6.86. The topological polar surface area (TPSA) is 95.0 Å². The van der Waals surface area contributed by atoms with Crippen molar-refractivity contribution in [2.45, 2.75) is 37.6 Å². The van der Waals surface area contributed by atoms with Crippen molar-refractivity contribution in [1.29, 1.82) is 0 Å². The Kier molecular flexibility index (Phi) is 4.59. The van der Waals surface area contributed by atoms with E-state index in [0.717, 1.165) is 5.56 Å². The van der Waals surface area contributed by atoms with Gasteiger partial charge in [-0.2, -0.15) is 4.31 Å². The molecule has 2 saturated heterocycles. The second-order valence-corrected chi connectivity index (χ2v) is 8.77. The maximum atomic E-state index is 12.9. The van der Waals surface area contributed by atoms with Gasteiger partial charge >= 0.3 is 5.97 Å². The van der Waals surface area contributed by atoms with E-state index in [-0.39, 0.29) is 36.4 Å². The summed E-state index contributed by atoms with van der Waals surface area (Å²) in [6.45, 7) is 4.40. The van der Waals surface area contributed by atoms with E-state index >= 15 is 0 Å². The molecule has 2 aliphatic rings. The number of aryl methyl sites for hydroxylation is 2. The highest BCUT2D eigenvalue weighted by molar-refractivity contribution is 7.89. The number of hydrogen-bond donors (Lipinski definition) is 1. The van der Waals surface area contributed by atoms with Gasteiger partial charge in [-0.25, -0.2) is 8.42 Å². The number of nitrogens with zero attached hydrogens (tertiary/aromatic N) is 2. The smallest absolute Gasteiger partial charge is 0.308 e. The van der Waals surface area contributed by atoms with Crippen LogP contribution in [0.5, 0.6) is 0 Å². The molecule has 2 heterocycles. The highest BCUT2D eigenvalue weighted by atomic mass is 32.2. The van der Waals surface area contributed by atoms with Crippen LogP contribution in [0.1, 0.15) is 24.0 Å². The number of hydrogen-bond acceptors (Lipinski definition) is 4. The van der Waals surface area contributed by atoms with Crippen molar-refractivity contribution in [3.05, 3.63) is 29.3 Å². The highest BCUT2D eigenvalue weighted by Crippen LogP contribution is 2.29. The summed E-state index contributed by atoms with van der Waals surface area (Å²) in [6, 6.07) is 4.98. The Morgan fingerprint density at radius 3 is 2.56 bits per heavy atom. The van der Waals surface area contributed by atoms with Gasteiger partial charge in [0, 0.05) is 32.1 Å². The fourth-order valence-corrected chi connectivity index (χ4v) is 5.36. The molecule has 1 aromatic rings. The number of carbonyl (C=O) groups excluding carboxylic acids is 1. The van der Waals surface area contributed by atoms with Gasteiger partial charge in [0.05, 0.1) is 10.8 Å². The summed E-state index contributed by atoms with van der Waals surface area (Å²) in [5.74, 6) is -1.88. The molecule has 1 amide bonds. The van der Waals surface area contributed by atoms with E-state index in [1.807, 2.05) is 13.0 Å². The van der Waals surface area contributed by atoms with Crippen LogP contribution in [0.2, 0.25) is 0 Å². The lowest BCUT2D eigenvalue weighted by Crippen LogP contribution is -2.40. The van der Waals surface area contributed by atoms with Crippen molar-refractivity contribution in [2.24, 2.45) is 5.92 Å². The number of amides is 1. The van der Waals surface area contributed by atoms with Crippen LogP contribution < -0.4 is 0 Å². The van der Waals surface area contributed by atoms with Crippen LogP contribution in [0.15, 0.2) is 23.1 Å². The van der Waals surface area contributed by atoms with E-state index in [1.54, 1.807) is 19.1 Å². The number of benzene rings is 1. The molecule has 136 valence electrons. The molecule has 2 atom stereocenters. The summed E-state index contributed by atoms with van der Waals surface area (Å²) in [4.78, 5) is 25.0. The van der Waals surface area contributed by atoms with Gasteiger partial charge in [0.1, 0.15) is 0 Å². The molecule has 3 rings (SSSR count). The molecule has 1 aromatic carbocycles. The first-order valence-corrected chi connectivity index (χ1v) is 9.74. The van der Waals surface area contributed by atoms with Crippen LogP contribution in [0.3, 0.4) is 0 Å². The second kappa shape index (κ2) is 6.42. The third-order valence-electron chi connectivity index (χ3n) is 5.02. The minimum atomic E-state index is -3.62. The molecule has 7 nitrogen and oxygen atoms in total. The first kappa shape index (κ1) is 17.9. The molecule has 8 heteroatoms. The number of rotatable bonds is 4. The van der Waals surface area contributed by atoms with Crippen molar-refractivity contribution in [2.75, 3.05) is 19.6 Å². The molecular weight excluding hydrogens is 344 g/mol. The van der Waals surface area contributed by atoms with Gasteiger partial charge < -0.3 is 10.0 Å². The average Bonchev–Trinajstić information content (AvgIpc) is 3.13. The first-order chi connectivity index (χ1) is 11.7. The maximum Gasteiger partial charge on any atom is 0.308 e. The first-order valence-electron chi connectivity index (χ1n) is 8.30. The number of sulfonamides is 1. The van der Waals surface area contributed by atoms with Gasteiger partial charge in [-0.15, -0.1) is 0 Å². The highest BCUT2D eigenvalue weighted by Gasteiger charge is 2.42. The van der Waals surface area contributed by atoms with E-state index in [0.29, 0.717) is 18.5 Å². The summed E-state index contributed by atoms with van der Waals surface area (Å²) in [6.07, 6.45) is 0.526. The van der Waals surface area contributed by atoms with Crippen LogP contribution in [0.4, 0.5) is 0 Å². The number of carboxylic acid groups (broad SMARTS) is 1. The Balaban J connectivity index is 1.76. The lowest BCUT2D eigenvalue weighted by Gasteiger charge is -2.24. The largest absolute Gasteiger partial charge is 0.481 e. The van der Waals surface area contributed by atoms with Gasteiger partial charge in [-0.1, -0.05) is 17.7 Å². The van der Waals surface area contributed by atoms with Gasteiger partial charge in [-0.3, -0.25) is 9.59 Å². The Morgan fingerprint density at radius 1 is 1.24 bits per heavy atom. The van der Waals surface area contributed by atoms with E-state index in [2.05, 4.69) is 0 Å². The molecule has 25 heavy (non-hydrogen) atoms. The van der Waals surface area contributed by atoms with Crippen LogP contribution in [0.25, 0.3) is 0 Å². The Labute approximate surface area is 147 Å². The van der Waals surface area contributed by atoms with Gasteiger partial charge in [0.25, 0.3) is 0 Å². The van der Waals surface area contributed by atoms with Crippen molar-refractivity contribution >= 4 is 21.9 Å². The van der Waals surface area contributed by atoms with E-state index in [9.17, 15) is 18.0 Å². The van der Waals surface area contributed by atoms with E-state index in [4.69, 9.17) is 5.11 Å². The predicted octanol–water partition coefficient (Wildman–Crippen LogP) is 1.000. The zero-order valence-electron chi connectivity index (χ0n) is 14.3. The maximum absolute atomic E-state index is 12.9. The van der Waals surface area contributed by atoms with Gasteiger partial charge in [0.15, 0.2) is 0 Å². The molecule has 2 aliphatic heterocycles. The summed E-state index contributed by atoms with van der Waals surface area (Å²) in [7, 11) is -3.62. The number of carbonyl (C=O) groups is 2. The normalized spacial score (nSPS) is 24.9. The summed E-state index contributed by atoms with van der Waals surface area (Å²) < 4.78 is 27.2. The molecule has 2 unspecified atom stereocenters. The van der Waals surface area contributed by atoms with Gasteiger partial charge in [0.2, 0.25) is 15.9 Å². The molecular formula is C17H22N2O5S. The number of aliphatic carboxylic acids is 1. The van der Waals surface area contributed by atoms with Crippen LogP contribution in [-0.4, -0.2) is 60.3 Å². The third kappa shape index (κ3) is 3.28. The van der Waals surface area contributed by atoms with E-state index < -0.39 is 21.9 Å². The summed E-state index contributed by atoms with van der Waals surface area (Å²) in [5, 5.41) is 9.09. The number of carboxylic acids is 1. The third-order valence-corrected chi connectivity index (χ3v) is 7.05. The molecule has 0 spiro atoms. The average molecular weight is 366 g/mol. The predicted molar refractivity (Wildman–Crippen MR) is 90.5 cm³/mol. The lowest BCUT2D eigenvalue weighted by molar-refractivity contribution is -0.141. The molecule has 2 fully saturated rings. The minimum Gasteiger partial charge on any atom is -0.481 e. The van der Waals surface area contributed by atoms with Crippen molar-refractivity contribution in [1.82, 2.24) is 9.21 Å². The molecule has 0 bridgehead atoms.